The van der Waals surface area contributed by atoms with Gasteiger partial charge in [-0.2, -0.15) is 0 Å². The summed E-state index contributed by atoms with van der Waals surface area (Å²) < 4.78 is 5.99. The maximum atomic E-state index is 13.0. The number of nitrogens with one attached hydrogen (secondary N) is 1. The average molecular weight is 469 g/mol. The van der Waals surface area contributed by atoms with Crippen LogP contribution in [0.4, 0.5) is 5.69 Å². The average Bonchev–Trinajstić information content (AvgIpc) is 3.13. The molecule has 5 nitrogen and oxygen atoms in total. The van der Waals surface area contributed by atoms with Crippen LogP contribution < -0.4 is 15.0 Å². The molecular formula is C27H33ClN2O3. The third kappa shape index (κ3) is 5.77. The molecule has 6 heteroatoms. The molecule has 1 N–H and O–H groups in total. The van der Waals surface area contributed by atoms with Crippen molar-refractivity contribution in [3.63, 3.8) is 0 Å². The van der Waals surface area contributed by atoms with Crippen LogP contribution in [0.5, 0.6) is 11.5 Å². The number of Topliss-reactive ketones (excluding diaryl/α,β-unsaturated/α-hetero) is 1. The lowest BCUT2D eigenvalue weighted by Crippen LogP contribution is -2.57. The minimum Gasteiger partial charge on any atom is -0.456 e. The summed E-state index contributed by atoms with van der Waals surface area (Å²) in [7, 11) is 0. The minimum absolute atomic E-state index is 0.0102. The van der Waals surface area contributed by atoms with E-state index in [-0.39, 0.29) is 22.8 Å². The minimum atomic E-state index is 0.0102. The van der Waals surface area contributed by atoms with Gasteiger partial charge in [0.15, 0.2) is 5.78 Å². The van der Waals surface area contributed by atoms with E-state index in [0.717, 1.165) is 31.5 Å². The summed E-state index contributed by atoms with van der Waals surface area (Å²) in [5.41, 5.74) is 1.45. The number of ether oxygens (including phenoxy) is 1. The zero-order valence-electron chi connectivity index (χ0n) is 19.9. The Labute approximate surface area is 201 Å². The van der Waals surface area contributed by atoms with Crippen LogP contribution in [0.2, 0.25) is 5.02 Å². The number of halogens is 1. The number of piperidine rings is 1. The Balaban J connectivity index is 1.44. The van der Waals surface area contributed by atoms with E-state index in [1.165, 1.54) is 0 Å². The summed E-state index contributed by atoms with van der Waals surface area (Å²) >= 11 is 6.50. The van der Waals surface area contributed by atoms with Crippen LogP contribution in [0, 0.1) is 5.92 Å². The first-order chi connectivity index (χ1) is 15.5. The summed E-state index contributed by atoms with van der Waals surface area (Å²) in [5, 5.41) is 4.07. The summed E-state index contributed by atoms with van der Waals surface area (Å²) in [6.07, 6.45) is 3.90. The van der Waals surface area contributed by atoms with Crippen molar-refractivity contribution in [3.05, 3.63) is 53.1 Å². The Morgan fingerprint density at radius 3 is 2.48 bits per heavy atom. The molecule has 0 atom stereocenters. The Morgan fingerprint density at radius 1 is 1.12 bits per heavy atom. The lowest BCUT2D eigenvalue weighted by atomic mass is 9.74. The van der Waals surface area contributed by atoms with E-state index >= 15 is 0 Å². The second-order valence-corrected chi connectivity index (χ2v) is 11.1. The molecule has 2 aromatic rings. The molecule has 0 aromatic heterocycles. The normalized spacial score (nSPS) is 20.2. The van der Waals surface area contributed by atoms with Gasteiger partial charge in [-0.1, -0.05) is 17.7 Å². The molecule has 0 unspecified atom stereocenters. The van der Waals surface area contributed by atoms with Crippen LogP contribution in [0.25, 0.3) is 0 Å². The highest BCUT2D eigenvalue weighted by Crippen LogP contribution is 2.37. The van der Waals surface area contributed by atoms with E-state index in [2.05, 4.69) is 33.0 Å². The zero-order valence-corrected chi connectivity index (χ0v) is 20.7. The summed E-state index contributed by atoms with van der Waals surface area (Å²) in [6.45, 7) is 9.52. The number of carbonyl (C=O) groups is 2. The number of nitrogens with zero attached hydrogens (tertiary/aromatic N) is 1. The third-order valence-electron chi connectivity index (χ3n) is 6.43. The van der Waals surface area contributed by atoms with Crippen LogP contribution in [0.3, 0.4) is 0 Å². The highest BCUT2D eigenvalue weighted by molar-refractivity contribution is 6.32. The van der Waals surface area contributed by atoms with Crippen molar-refractivity contribution < 1.29 is 14.3 Å². The van der Waals surface area contributed by atoms with Gasteiger partial charge in [0.2, 0.25) is 5.91 Å². The molecule has 0 spiro atoms. The molecule has 2 fully saturated rings. The maximum absolute atomic E-state index is 13.0. The summed E-state index contributed by atoms with van der Waals surface area (Å²) in [6, 6.07) is 12.7. The first kappa shape index (κ1) is 23.8. The van der Waals surface area contributed by atoms with Gasteiger partial charge in [-0.15, -0.1) is 0 Å². The Hall–Kier alpha value is -2.37. The van der Waals surface area contributed by atoms with Gasteiger partial charge in [0.1, 0.15) is 11.5 Å². The van der Waals surface area contributed by atoms with Crippen LogP contribution in [-0.4, -0.2) is 29.3 Å². The summed E-state index contributed by atoms with van der Waals surface area (Å²) in [4.78, 5) is 26.8. The largest absolute Gasteiger partial charge is 0.456 e. The van der Waals surface area contributed by atoms with Crippen LogP contribution in [0.15, 0.2) is 42.5 Å². The van der Waals surface area contributed by atoms with E-state index < -0.39 is 0 Å². The number of carbonyl (C=O) groups excluding carboxylic acids is 2. The van der Waals surface area contributed by atoms with Gasteiger partial charge in [-0.05, 0) is 83.2 Å². The number of hydrogen-bond acceptors (Lipinski definition) is 4. The molecule has 176 valence electrons. The van der Waals surface area contributed by atoms with Gasteiger partial charge in [-0.3, -0.25) is 9.59 Å². The van der Waals surface area contributed by atoms with E-state index in [4.69, 9.17) is 16.3 Å². The Bertz CT molecular complexity index is 1050. The number of benzene rings is 2. The van der Waals surface area contributed by atoms with Gasteiger partial charge in [-0.25, -0.2) is 0 Å². The number of anilines is 1. The first-order valence-electron chi connectivity index (χ1n) is 11.7. The lowest BCUT2D eigenvalue weighted by Gasteiger charge is -2.46. The van der Waals surface area contributed by atoms with Gasteiger partial charge >= 0.3 is 0 Å². The predicted octanol–water partition coefficient (Wildman–Crippen LogP) is 6.39. The van der Waals surface area contributed by atoms with E-state index in [1.54, 1.807) is 23.1 Å². The van der Waals surface area contributed by atoms with Crippen LogP contribution >= 0.6 is 11.6 Å². The van der Waals surface area contributed by atoms with Crippen LogP contribution in [-0.2, 0) is 4.79 Å². The molecule has 1 amide bonds. The molecule has 2 aromatic carbocycles. The van der Waals surface area contributed by atoms with E-state index in [1.807, 2.05) is 24.3 Å². The molecule has 2 saturated heterocycles. The van der Waals surface area contributed by atoms with Crippen molar-refractivity contribution >= 4 is 29.0 Å². The fourth-order valence-electron chi connectivity index (χ4n) is 5.58. The molecule has 33 heavy (non-hydrogen) atoms. The van der Waals surface area contributed by atoms with E-state index in [9.17, 15) is 9.59 Å². The highest BCUT2D eigenvalue weighted by Gasteiger charge is 2.38. The molecule has 2 aliphatic rings. The standard InChI is InChI=1S/C27H33ClN2O3/c1-26(2)16-18(17-27(3,4)29-26)13-23(31)19-10-11-24(22(28)14-19)33-21-8-5-7-20(15-21)30-12-6-9-25(30)32/h5,7-8,10-11,14-15,18,29H,6,9,12-13,16-17H2,1-4H3. The van der Waals surface area contributed by atoms with Crippen molar-refractivity contribution in [2.45, 2.75) is 70.9 Å². The first-order valence-corrected chi connectivity index (χ1v) is 12.1. The second kappa shape index (κ2) is 9.11. The molecule has 4 rings (SSSR count). The van der Waals surface area contributed by atoms with Crippen molar-refractivity contribution in [2.24, 2.45) is 5.92 Å². The molecule has 0 radical (unpaired) electrons. The van der Waals surface area contributed by atoms with Crippen molar-refractivity contribution in [2.75, 3.05) is 11.4 Å². The van der Waals surface area contributed by atoms with Crippen molar-refractivity contribution in [1.82, 2.24) is 5.32 Å². The maximum Gasteiger partial charge on any atom is 0.227 e. The van der Waals surface area contributed by atoms with E-state index in [0.29, 0.717) is 40.8 Å². The van der Waals surface area contributed by atoms with Gasteiger partial charge in [0.05, 0.1) is 5.02 Å². The van der Waals surface area contributed by atoms with Crippen LogP contribution in [0.1, 0.15) is 70.2 Å². The molecule has 2 aliphatic heterocycles. The molecular weight excluding hydrogens is 436 g/mol. The molecule has 0 bridgehead atoms. The number of rotatable bonds is 6. The highest BCUT2D eigenvalue weighted by atomic mass is 35.5. The molecule has 0 aliphatic carbocycles. The quantitative estimate of drug-likeness (QED) is 0.499. The Kier molecular flexibility index (Phi) is 6.56. The summed E-state index contributed by atoms with van der Waals surface area (Å²) in [5.74, 6) is 1.66. The van der Waals surface area contributed by atoms with Crippen molar-refractivity contribution in [1.29, 1.82) is 0 Å². The fourth-order valence-corrected chi connectivity index (χ4v) is 5.80. The van der Waals surface area contributed by atoms with Gasteiger partial charge in [0, 0.05) is 47.8 Å². The SMILES string of the molecule is CC1(C)CC(CC(=O)c2ccc(Oc3cccc(N4CCCC4=O)c3)c(Cl)c2)CC(C)(C)N1. The molecule has 0 saturated carbocycles. The predicted molar refractivity (Wildman–Crippen MR) is 133 cm³/mol. The number of hydrogen-bond donors (Lipinski definition) is 1. The number of ketones is 1. The second-order valence-electron chi connectivity index (χ2n) is 10.7. The smallest absolute Gasteiger partial charge is 0.227 e. The zero-order chi connectivity index (χ0) is 23.8. The Morgan fingerprint density at radius 2 is 1.85 bits per heavy atom. The number of amides is 1. The molecule has 2 heterocycles. The van der Waals surface area contributed by atoms with Crippen molar-refractivity contribution in [3.8, 4) is 11.5 Å². The van der Waals surface area contributed by atoms with Gasteiger partial charge in [0.25, 0.3) is 0 Å². The third-order valence-corrected chi connectivity index (χ3v) is 6.73. The fraction of sp³-hybridized carbons (Fsp3) is 0.481. The monoisotopic (exact) mass is 468 g/mol. The topological polar surface area (TPSA) is 58.6 Å². The van der Waals surface area contributed by atoms with Gasteiger partial charge < -0.3 is 15.0 Å². The lowest BCUT2D eigenvalue weighted by molar-refractivity contribution is -0.117.